The molecule has 5 heteroatoms. The van der Waals surface area contributed by atoms with Gasteiger partial charge in [0.15, 0.2) is 0 Å². The molecule has 0 saturated carbocycles. The molecule has 5 nitrogen and oxygen atoms in total. The van der Waals surface area contributed by atoms with Crippen molar-refractivity contribution in [3.8, 4) is 5.75 Å². The molecule has 1 aliphatic heterocycles. The van der Waals surface area contributed by atoms with Crippen molar-refractivity contribution in [1.82, 2.24) is 0 Å². The largest absolute Gasteiger partial charge is 0.497 e. The lowest BCUT2D eigenvalue weighted by atomic mass is 10.0. The maximum absolute atomic E-state index is 13.4. The second-order valence-corrected chi connectivity index (χ2v) is 7.21. The molecule has 1 N–H and O–H groups in total. The van der Waals surface area contributed by atoms with Crippen LogP contribution in [0.1, 0.15) is 16.7 Å². The summed E-state index contributed by atoms with van der Waals surface area (Å²) in [5, 5.41) is 3.24. The Bertz CT molecular complexity index is 1170. The summed E-state index contributed by atoms with van der Waals surface area (Å²) in [5.41, 5.74) is 4.62. The van der Waals surface area contributed by atoms with E-state index in [-0.39, 0.29) is 11.6 Å². The molecule has 3 aromatic rings. The fourth-order valence-corrected chi connectivity index (χ4v) is 3.51. The van der Waals surface area contributed by atoms with Gasteiger partial charge in [0.1, 0.15) is 11.4 Å². The molecule has 2 amide bonds. The summed E-state index contributed by atoms with van der Waals surface area (Å²) in [4.78, 5) is 28.1. The molecule has 0 radical (unpaired) electrons. The van der Waals surface area contributed by atoms with E-state index in [1.807, 2.05) is 62.4 Å². The van der Waals surface area contributed by atoms with Crippen LogP contribution in [0.5, 0.6) is 5.75 Å². The van der Waals surface area contributed by atoms with Gasteiger partial charge in [-0.3, -0.25) is 9.59 Å². The summed E-state index contributed by atoms with van der Waals surface area (Å²) in [6, 6.07) is 22.1. The van der Waals surface area contributed by atoms with Gasteiger partial charge in [-0.15, -0.1) is 0 Å². The maximum atomic E-state index is 13.4. The van der Waals surface area contributed by atoms with Crippen molar-refractivity contribution in [1.29, 1.82) is 0 Å². The lowest BCUT2D eigenvalue weighted by molar-refractivity contribution is -0.120. The molecule has 1 aliphatic rings. The van der Waals surface area contributed by atoms with Crippen LogP contribution < -0.4 is 15.0 Å². The van der Waals surface area contributed by atoms with E-state index in [1.54, 1.807) is 31.4 Å². The number of benzene rings is 3. The Labute approximate surface area is 175 Å². The lowest BCUT2D eigenvalue weighted by Crippen LogP contribution is -2.32. The van der Waals surface area contributed by atoms with Gasteiger partial charge in [-0.1, -0.05) is 48.5 Å². The number of nitrogens with one attached hydrogen (secondary N) is 1. The van der Waals surface area contributed by atoms with Gasteiger partial charge in [-0.05, 0) is 48.7 Å². The Kier molecular flexibility index (Phi) is 5.11. The van der Waals surface area contributed by atoms with E-state index in [0.29, 0.717) is 22.6 Å². The van der Waals surface area contributed by atoms with Gasteiger partial charge in [-0.2, -0.15) is 0 Å². The molecule has 1 heterocycles. The topological polar surface area (TPSA) is 58.6 Å². The van der Waals surface area contributed by atoms with Crippen LogP contribution in [0.3, 0.4) is 0 Å². The first-order chi connectivity index (χ1) is 14.5. The Balaban J connectivity index is 1.84. The lowest BCUT2D eigenvalue weighted by Gasteiger charge is -2.16. The highest BCUT2D eigenvalue weighted by atomic mass is 16.5. The van der Waals surface area contributed by atoms with E-state index < -0.39 is 5.91 Å². The van der Waals surface area contributed by atoms with Gasteiger partial charge in [0.05, 0.1) is 18.4 Å². The molecule has 0 fully saturated rings. The first kappa shape index (κ1) is 19.5. The zero-order chi connectivity index (χ0) is 21.3. The van der Waals surface area contributed by atoms with Gasteiger partial charge in [0, 0.05) is 11.8 Å². The highest BCUT2D eigenvalue weighted by Gasteiger charge is 2.40. The minimum atomic E-state index is -0.395. The minimum Gasteiger partial charge on any atom is -0.497 e. The van der Waals surface area contributed by atoms with E-state index >= 15 is 0 Å². The zero-order valence-corrected chi connectivity index (χ0v) is 17.1. The summed E-state index contributed by atoms with van der Waals surface area (Å²) in [5.74, 6) is -0.189. The maximum Gasteiger partial charge on any atom is 0.282 e. The summed E-state index contributed by atoms with van der Waals surface area (Å²) >= 11 is 0. The van der Waals surface area contributed by atoms with Crippen molar-refractivity contribution in [2.45, 2.75) is 13.8 Å². The molecule has 0 aromatic heterocycles. The van der Waals surface area contributed by atoms with Gasteiger partial charge < -0.3 is 10.1 Å². The van der Waals surface area contributed by atoms with Gasteiger partial charge in [-0.25, -0.2) is 4.90 Å². The molecule has 4 rings (SSSR count). The zero-order valence-electron chi connectivity index (χ0n) is 17.1. The fourth-order valence-electron chi connectivity index (χ4n) is 3.51. The normalized spacial score (nSPS) is 13.8. The number of amides is 2. The summed E-state index contributed by atoms with van der Waals surface area (Å²) in [6.07, 6.45) is 0. The van der Waals surface area contributed by atoms with E-state index in [2.05, 4.69) is 5.32 Å². The van der Waals surface area contributed by atoms with Crippen molar-refractivity contribution >= 4 is 28.8 Å². The van der Waals surface area contributed by atoms with Crippen LogP contribution in [0.4, 0.5) is 11.4 Å². The van der Waals surface area contributed by atoms with E-state index in [4.69, 9.17) is 4.74 Å². The van der Waals surface area contributed by atoms with E-state index in [0.717, 1.165) is 16.8 Å². The number of carbonyl (C=O) groups excluding carboxylic acids is 2. The van der Waals surface area contributed by atoms with Crippen molar-refractivity contribution in [2.75, 3.05) is 17.3 Å². The Hall–Kier alpha value is -3.86. The number of carbonyl (C=O) groups is 2. The number of ether oxygens (including phenoxy) is 1. The quantitative estimate of drug-likeness (QED) is 0.633. The standard InChI is InChI=1S/C25H22N2O3/c1-16-12-13-17(2)21(14-16)26-23-22(18-8-5-4-6-9-18)24(28)27(25(23)29)19-10-7-11-20(15-19)30-3/h4-15,26H,1-3H3. The van der Waals surface area contributed by atoms with Crippen LogP contribution in [0.2, 0.25) is 0 Å². The molecular formula is C25H22N2O3. The number of methoxy groups -OCH3 is 1. The SMILES string of the molecule is COc1cccc(N2C(=O)C(Nc3cc(C)ccc3C)=C(c3ccccc3)C2=O)c1. The molecule has 3 aromatic carbocycles. The number of hydrogen-bond acceptors (Lipinski definition) is 4. The number of hydrogen-bond donors (Lipinski definition) is 1. The predicted molar refractivity (Wildman–Crippen MR) is 118 cm³/mol. The predicted octanol–water partition coefficient (Wildman–Crippen LogP) is 4.71. The van der Waals surface area contributed by atoms with Crippen LogP contribution in [-0.4, -0.2) is 18.9 Å². The van der Waals surface area contributed by atoms with Crippen molar-refractivity contribution in [3.63, 3.8) is 0 Å². The molecule has 0 unspecified atom stereocenters. The number of aryl methyl sites for hydroxylation is 2. The Morgan fingerprint density at radius 3 is 2.33 bits per heavy atom. The first-order valence-corrected chi connectivity index (χ1v) is 9.66. The summed E-state index contributed by atoms with van der Waals surface area (Å²) in [6.45, 7) is 3.95. The van der Waals surface area contributed by atoms with Gasteiger partial charge in [0.25, 0.3) is 11.8 Å². The van der Waals surface area contributed by atoms with Crippen LogP contribution in [0, 0.1) is 13.8 Å². The van der Waals surface area contributed by atoms with Crippen molar-refractivity contribution < 1.29 is 14.3 Å². The smallest absolute Gasteiger partial charge is 0.282 e. The van der Waals surface area contributed by atoms with Gasteiger partial charge in [0.2, 0.25) is 0 Å². The van der Waals surface area contributed by atoms with Gasteiger partial charge >= 0.3 is 0 Å². The second kappa shape index (κ2) is 7.87. The highest BCUT2D eigenvalue weighted by molar-refractivity contribution is 6.46. The van der Waals surface area contributed by atoms with E-state index in [1.165, 1.54) is 4.90 Å². The Morgan fingerprint density at radius 1 is 0.833 bits per heavy atom. The minimum absolute atomic E-state index is 0.266. The number of nitrogens with zero attached hydrogens (tertiary/aromatic N) is 1. The third-order valence-corrected chi connectivity index (χ3v) is 5.11. The van der Waals surface area contributed by atoms with Crippen molar-refractivity contribution in [3.05, 3.63) is 95.2 Å². The summed E-state index contributed by atoms with van der Waals surface area (Å²) < 4.78 is 5.27. The number of rotatable bonds is 5. The highest BCUT2D eigenvalue weighted by Crippen LogP contribution is 2.35. The van der Waals surface area contributed by atoms with Crippen LogP contribution in [0.25, 0.3) is 5.57 Å². The fraction of sp³-hybridized carbons (Fsp3) is 0.120. The number of anilines is 2. The number of imide groups is 1. The third-order valence-electron chi connectivity index (χ3n) is 5.11. The van der Waals surface area contributed by atoms with Crippen LogP contribution in [-0.2, 0) is 9.59 Å². The molecule has 0 aliphatic carbocycles. The molecule has 0 spiro atoms. The average Bonchev–Trinajstić information content (AvgIpc) is 3.00. The van der Waals surface area contributed by atoms with E-state index in [9.17, 15) is 9.59 Å². The molecule has 150 valence electrons. The first-order valence-electron chi connectivity index (χ1n) is 9.66. The van der Waals surface area contributed by atoms with Crippen LogP contribution in [0.15, 0.2) is 78.5 Å². The molecule has 30 heavy (non-hydrogen) atoms. The Morgan fingerprint density at radius 2 is 1.60 bits per heavy atom. The van der Waals surface area contributed by atoms with Crippen molar-refractivity contribution in [2.24, 2.45) is 0 Å². The molecule has 0 saturated heterocycles. The monoisotopic (exact) mass is 398 g/mol. The molecule has 0 atom stereocenters. The van der Waals surface area contributed by atoms with Crippen LogP contribution >= 0.6 is 0 Å². The molecular weight excluding hydrogens is 376 g/mol. The molecule has 0 bridgehead atoms. The second-order valence-electron chi connectivity index (χ2n) is 7.21. The summed E-state index contributed by atoms with van der Waals surface area (Å²) in [7, 11) is 1.55. The average molecular weight is 398 g/mol. The third kappa shape index (κ3) is 3.46.